The van der Waals surface area contributed by atoms with Gasteiger partial charge in [0.1, 0.15) is 6.04 Å². The molecule has 146 valence electrons. The summed E-state index contributed by atoms with van der Waals surface area (Å²) in [4.78, 5) is 25.8. The topological polar surface area (TPSA) is 99.0 Å². The SMILES string of the molecule is CCn1cc(CN(C)C(=O)c2cccc(-c3cnn([C@H](C)C(N)=O)c3)c2)cn1. The van der Waals surface area contributed by atoms with Gasteiger partial charge in [0.15, 0.2) is 0 Å². The third-order valence-corrected chi connectivity index (χ3v) is 4.63. The highest BCUT2D eigenvalue weighted by atomic mass is 16.2. The van der Waals surface area contributed by atoms with Gasteiger partial charge in [-0.05, 0) is 31.5 Å². The lowest BCUT2D eigenvalue weighted by atomic mass is 10.1. The van der Waals surface area contributed by atoms with Crippen LogP contribution in [0.3, 0.4) is 0 Å². The van der Waals surface area contributed by atoms with Crippen LogP contribution in [0.5, 0.6) is 0 Å². The standard InChI is InChI=1S/C20H24N6O2/c1-4-25-12-15(9-22-25)11-24(3)20(28)17-7-5-6-16(8-17)18-10-23-26(13-18)14(2)19(21)27/h5-10,12-14H,4,11H2,1-3H3,(H2,21,27)/t14-/m1/s1. The van der Waals surface area contributed by atoms with E-state index in [0.29, 0.717) is 12.1 Å². The van der Waals surface area contributed by atoms with Gasteiger partial charge in [-0.15, -0.1) is 0 Å². The van der Waals surface area contributed by atoms with E-state index in [1.54, 1.807) is 43.5 Å². The average molecular weight is 380 g/mol. The quantitative estimate of drug-likeness (QED) is 0.678. The second-order valence-electron chi connectivity index (χ2n) is 6.73. The minimum Gasteiger partial charge on any atom is -0.368 e. The minimum atomic E-state index is -0.534. The Morgan fingerprint density at radius 3 is 2.64 bits per heavy atom. The summed E-state index contributed by atoms with van der Waals surface area (Å²) in [5.74, 6) is -0.532. The molecule has 8 nitrogen and oxygen atoms in total. The van der Waals surface area contributed by atoms with E-state index in [1.807, 2.05) is 36.0 Å². The van der Waals surface area contributed by atoms with Gasteiger partial charge in [-0.3, -0.25) is 19.0 Å². The van der Waals surface area contributed by atoms with Crippen molar-refractivity contribution < 1.29 is 9.59 Å². The van der Waals surface area contributed by atoms with E-state index in [0.717, 1.165) is 23.2 Å². The third kappa shape index (κ3) is 4.11. The number of aromatic nitrogens is 4. The van der Waals surface area contributed by atoms with Gasteiger partial charge in [0, 0.05) is 49.2 Å². The van der Waals surface area contributed by atoms with Crippen LogP contribution >= 0.6 is 0 Å². The molecule has 0 spiro atoms. The predicted octanol–water partition coefficient (Wildman–Crippen LogP) is 2.08. The summed E-state index contributed by atoms with van der Waals surface area (Å²) in [6.07, 6.45) is 7.13. The van der Waals surface area contributed by atoms with Crippen LogP contribution in [0.4, 0.5) is 0 Å². The molecule has 28 heavy (non-hydrogen) atoms. The molecule has 3 aromatic rings. The van der Waals surface area contributed by atoms with Crippen LogP contribution in [0.2, 0.25) is 0 Å². The molecule has 1 aromatic carbocycles. The van der Waals surface area contributed by atoms with Gasteiger partial charge in [0.05, 0.1) is 12.4 Å². The second kappa shape index (κ2) is 8.08. The maximum absolute atomic E-state index is 12.8. The fourth-order valence-electron chi connectivity index (χ4n) is 2.89. The fourth-order valence-corrected chi connectivity index (χ4v) is 2.89. The summed E-state index contributed by atoms with van der Waals surface area (Å²) in [7, 11) is 1.77. The summed E-state index contributed by atoms with van der Waals surface area (Å²) in [6, 6.07) is 6.81. The van der Waals surface area contributed by atoms with Gasteiger partial charge in [-0.2, -0.15) is 10.2 Å². The van der Waals surface area contributed by atoms with E-state index in [4.69, 9.17) is 5.73 Å². The zero-order valence-corrected chi connectivity index (χ0v) is 16.2. The Hall–Kier alpha value is -3.42. The number of primary amides is 1. The van der Waals surface area contributed by atoms with E-state index in [1.165, 1.54) is 4.68 Å². The molecule has 1 atom stereocenters. The molecule has 0 radical (unpaired) electrons. The van der Waals surface area contributed by atoms with E-state index in [-0.39, 0.29) is 5.91 Å². The molecule has 2 amide bonds. The van der Waals surface area contributed by atoms with Crippen molar-refractivity contribution in [3.63, 3.8) is 0 Å². The second-order valence-corrected chi connectivity index (χ2v) is 6.73. The summed E-state index contributed by atoms with van der Waals surface area (Å²) in [5, 5.41) is 8.44. The number of nitrogens with two attached hydrogens (primary N) is 1. The van der Waals surface area contributed by atoms with E-state index in [2.05, 4.69) is 10.2 Å². The van der Waals surface area contributed by atoms with Crippen molar-refractivity contribution in [3.8, 4) is 11.1 Å². The first-order valence-electron chi connectivity index (χ1n) is 9.09. The molecular formula is C20H24N6O2. The summed E-state index contributed by atoms with van der Waals surface area (Å²) >= 11 is 0. The molecule has 0 saturated carbocycles. The molecule has 2 aromatic heterocycles. The molecule has 2 N–H and O–H groups in total. The maximum Gasteiger partial charge on any atom is 0.253 e. The number of rotatable bonds is 7. The van der Waals surface area contributed by atoms with Crippen molar-refractivity contribution in [3.05, 3.63) is 60.2 Å². The Labute approximate surface area is 163 Å². The largest absolute Gasteiger partial charge is 0.368 e. The van der Waals surface area contributed by atoms with Crippen molar-refractivity contribution >= 4 is 11.8 Å². The van der Waals surface area contributed by atoms with Crippen LogP contribution in [-0.4, -0.2) is 43.3 Å². The average Bonchev–Trinajstić information content (AvgIpc) is 3.36. The number of carbonyl (C=O) groups excluding carboxylic acids is 2. The van der Waals surface area contributed by atoms with E-state index in [9.17, 15) is 9.59 Å². The molecule has 8 heteroatoms. The highest BCUT2D eigenvalue weighted by Gasteiger charge is 2.16. The molecule has 0 bridgehead atoms. The van der Waals surface area contributed by atoms with Crippen LogP contribution in [0, 0.1) is 0 Å². The van der Waals surface area contributed by atoms with Gasteiger partial charge in [0.25, 0.3) is 5.91 Å². The first kappa shape index (κ1) is 19.3. The normalized spacial score (nSPS) is 12.0. The summed E-state index contributed by atoms with van der Waals surface area (Å²) < 4.78 is 3.35. The highest BCUT2D eigenvalue weighted by molar-refractivity contribution is 5.95. The zero-order valence-electron chi connectivity index (χ0n) is 16.2. The number of benzene rings is 1. The van der Waals surface area contributed by atoms with E-state index < -0.39 is 11.9 Å². The van der Waals surface area contributed by atoms with Gasteiger partial charge in [-0.1, -0.05) is 12.1 Å². The molecule has 3 rings (SSSR count). The molecule has 0 saturated heterocycles. The van der Waals surface area contributed by atoms with Crippen molar-refractivity contribution in [2.24, 2.45) is 5.73 Å². The Morgan fingerprint density at radius 2 is 1.96 bits per heavy atom. The molecule has 0 aliphatic heterocycles. The molecule has 2 heterocycles. The summed E-state index contributed by atoms with van der Waals surface area (Å²) in [5.41, 5.74) is 8.56. The van der Waals surface area contributed by atoms with Crippen LogP contribution < -0.4 is 5.73 Å². The molecular weight excluding hydrogens is 356 g/mol. The van der Waals surface area contributed by atoms with Crippen molar-refractivity contribution in [2.45, 2.75) is 33.0 Å². The smallest absolute Gasteiger partial charge is 0.253 e. The van der Waals surface area contributed by atoms with E-state index >= 15 is 0 Å². The van der Waals surface area contributed by atoms with Crippen LogP contribution in [0.25, 0.3) is 11.1 Å². The number of hydrogen-bond donors (Lipinski definition) is 1. The number of aryl methyl sites for hydroxylation is 1. The maximum atomic E-state index is 12.8. The zero-order chi connectivity index (χ0) is 20.3. The molecule has 0 unspecified atom stereocenters. The first-order chi connectivity index (χ1) is 13.4. The number of carbonyl (C=O) groups is 2. The molecule has 0 aliphatic carbocycles. The monoisotopic (exact) mass is 380 g/mol. The number of amides is 2. The lowest BCUT2D eigenvalue weighted by molar-refractivity contribution is -0.120. The van der Waals surface area contributed by atoms with Crippen molar-refractivity contribution in [1.82, 2.24) is 24.5 Å². The number of nitrogens with zero attached hydrogens (tertiary/aromatic N) is 5. The summed E-state index contributed by atoms with van der Waals surface area (Å²) in [6.45, 7) is 4.98. The number of hydrogen-bond acceptors (Lipinski definition) is 4. The third-order valence-electron chi connectivity index (χ3n) is 4.63. The van der Waals surface area contributed by atoms with Gasteiger partial charge >= 0.3 is 0 Å². The molecule has 0 fully saturated rings. The fraction of sp³-hybridized carbons (Fsp3) is 0.300. The van der Waals surface area contributed by atoms with Gasteiger partial charge < -0.3 is 10.6 Å². The van der Waals surface area contributed by atoms with Crippen LogP contribution in [0.15, 0.2) is 49.1 Å². The minimum absolute atomic E-state index is 0.0796. The lowest BCUT2D eigenvalue weighted by Gasteiger charge is -2.16. The van der Waals surface area contributed by atoms with Gasteiger partial charge in [0.2, 0.25) is 5.91 Å². The highest BCUT2D eigenvalue weighted by Crippen LogP contribution is 2.22. The Kier molecular flexibility index (Phi) is 5.58. The van der Waals surface area contributed by atoms with Crippen molar-refractivity contribution in [2.75, 3.05) is 7.05 Å². The Bertz CT molecular complexity index is 990. The predicted molar refractivity (Wildman–Crippen MR) is 105 cm³/mol. The Balaban J connectivity index is 1.76. The first-order valence-corrected chi connectivity index (χ1v) is 9.09. The Morgan fingerprint density at radius 1 is 1.18 bits per heavy atom. The lowest BCUT2D eigenvalue weighted by Crippen LogP contribution is -2.26. The van der Waals surface area contributed by atoms with Crippen molar-refractivity contribution in [1.29, 1.82) is 0 Å². The van der Waals surface area contributed by atoms with Crippen LogP contribution in [-0.2, 0) is 17.9 Å². The van der Waals surface area contributed by atoms with Gasteiger partial charge in [-0.25, -0.2) is 0 Å². The van der Waals surface area contributed by atoms with Crippen LogP contribution in [0.1, 0.15) is 35.8 Å². The molecule has 0 aliphatic rings.